The molecule has 1 aromatic heterocycles. The van der Waals surface area contributed by atoms with Gasteiger partial charge in [0, 0.05) is 17.5 Å². The fraction of sp³-hybridized carbons (Fsp3) is 0.370. The Morgan fingerprint density at radius 3 is 2.26 bits per heavy atom. The van der Waals surface area contributed by atoms with Crippen molar-refractivity contribution in [1.82, 2.24) is 15.6 Å². The number of rotatable bonds is 9. The van der Waals surface area contributed by atoms with Gasteiger partial charge in [-0.2, -0.15) is 0 Å². The van der Waals surface area contributed by atoms with Crippen LogP contribution in [0.2, 0.25) is 0 Å². The summed E-state index contributed by atoms with van der Waals surface area (Å²) < 4.78 is 11.4. The summed E-state index contributed by atoms with van der Waals surface area (Å²) in [6.45, 7) is 4.40. The molecule has 0 unspecified atom stereocenters. The van der Waals surface area contributed by atoms with E-state index in [2.05, 4.69) is 21.7 Å². The molecule has 0 bridgehead atoms. The number of hydrogen-bond acceptors (Lipinski definition) is 6. The molecule has 0 saturated heterocycles. The Balaban J connectivity index is 1.17. The van der Waals surface area contributed by atoms with E-state index in [-0.39, 0.29) is 30.5 Å². The first-order valence-electron chi connectivity index (χ1n) is 11.9. The molecule has 35 heavy (non-hydrogen) atoms. The fourth-order valence-electron chi connectivity index (χ4n) is 4.22. The molecule has 2 aromatic carbocycles. The van der Waals surface area contributed by atoms with Gasteiger partial charge in [-0.25, -0.2) is 4.98 Å². The molecule has 0 atom stereocenters. The first kappa shape index (κ1) is 24.7. The van der Waals surface area contributed by atoms with Gasteiger partial charge in [-0.15, -0.1) is 11.3 Å². The maximum Gasteiger partial charge on any atom is 0.270 e. The number of aromatic nitrogens is 1. The van der Waals surface area contributed by atoms with Crippen LogP contribution in [0.15, 0.2) is 53.9 Å². The average Bonchev–Trinajstić information content (AvgIpc) is 3.32. The second-order valence-electron chi connectivity index (χ2n) is 8.93. The van der Waals surface area contributed by atoms with E-state index in [1.165, 1.54) is 11.3 Å². The molecule has 7 nitrogen and oxygen atoms in total. The molecule has 1 fully saturated rings. The van der Waals surface area contributed by atoms with Crippen LogP contribution in [0.5, 0.6) is 11.5 Å². The summed E-state index contributed by atoms with van der Waals surface area (Å²) in [7, 11) is 0. The summed E-state index contributed by atoms with van der Waals surface area (Å²) in [6, 6.07) is 15.5. The van der Waals surface area contributed by atoms with Crippen molar-refractivity contribution in [1.29, 1.82) is 0 Å². The number of nitrogens with zero attached hydrogens (tertiary/aromatic N) is 1. The van der Waals surface area contributed by atoms with Crippen molar-refractivity contribution in [2.75, 3.05) is 6.61 Å². The van der Waals surface area contributed by atoms with Gasteiger partial charge in [0.15, 0.2) is 6.61 Å². The number of thiazole rings is 1. The van der Waals surface area contributed by atoms with Gasteiger partial charge in [-0.3, -0.25) is 9.59 Å². The Labute approximate surface area is 209 Å². The number of amides is 2. The summed E-state index contributed by atoms with van der Waals surface area (Å²) >= 11 is 1.42. The molecule has 2 N–H and O–H groups in total. The van der Waals surface area contributed by atoms with Gasteiger partial charge in [0.1, 0.15) is 28.8 Å². The second kappa shape index (κ2) is 11.8. The highest BCUT2D eigenvalue weighted by molar-refractivity contribution is 7.09. The van der Waals surface area contributed by atoms with Crippen molar-refractivity contribution in [3.05, 3.63) is 75.7 Å². The van der Waals surface area contributed by atoms with E-state index in [1.54, 1.807) is 5.38 Å². The maximum absolute atomic E-state index is 12.7. The zero-order valence-electron chi connectivity index (χ0n) is 20.1. The highest BCUT2D eigenvalue weighted by Crippen LogP contribution is 2.21. The van der Waals surface area contributed by atoms with Gasteiger partial charge in [0.05, 0.1) is 0 Å². The van der Waals surface area contributed by atoms with Crippen molar-refractivity contribution in [2.24, 2.45) is 0 Å². The average molecular weight is 494 g/mol. The first-order chi connectivity index (χ1) is 16.9. The number of ether oxygens (including phenoxy) is 2. The first-order valence-corrected chi connectivity index (χ1v) is 12.8. The van der Waals surface area contributed by atoms with Crippen LogP contribution in [0, 0.1) is 13.8 Å². The lowest BCUT2D eigenvalue weighted by atomic mass is 9.91. The van der Waals surface area contributed by atoms with E-state index < -0.39 is 0 Å². The number of carbonyl (C=O) groups excluding carboxylic acids is 2. The van der Waals surface area contributed by atoms with Crippen molar-refractivity contribution in [3.8, 4) is 11.5 Å². The molecular weight excluding hydrogens is 462 g/mol. The van der Waals surface area contributed by atoms with Gasteiger partial charge in [0.25, 0.3) is 11.8 Å². The molecule has 0 radical (unpaired) electrons. The third-order valence-electron chi connectivity index (χ3n) is 5.88. The Morgan fingerprint density at radius 2 is 1.57 bits per heavy atom. The molecule has 8 heteroatoms. The summed E-state index contributed by atoms with van der Waals surface area (Å²) in [5.41, 5.74) is 2.71. The standard InChI is InChI=1S/C27H31N3O4S/c1-18-12-19(2)14-23(13-18)34-16-26-30-24(17-35-26)27(32)29-21-10-8-20(9-11-21)28-25(31)15-33-22-6-4-3-5-7-22/h3-7,12-14,17,20-21H,8-11,15-16H2,1-2H3,(H,28,31)(H,29,32). The van der Waals surface area contributed by atoms with Crippen LogP contribution in [0.4, 0.5) is 0 Å². The number of hydrogen-bond donors (Lipinski definition) is 2. The van der Waals surface area contributed by atoms with Crippen LogP contribution >= 0.6 is 11.3 Å². The SMILES string of the molecule is Cc1cc(C)cc(OCc2nc(C(=O)NC3CCC(NC(=O)COc4ccccc4)CC3)cs2)c1. The van der Waals surface area contributed by atoms with E-state index in [4.69, 9.17) is 9.47 Å². The number of carbonyl (C=O) groups is 2. The summed E-state index contributed by atoms with van der Waals surface area (Å²) in [4.78, 5) is 29.3. The predicted octanol–water partition coefficient (Wildman–Crippen LogP) is 4.58. The van der Waals surface area contributed by atoms with Crippen LogP contribution < -0.4 is 20.1 Å². The van der Waals surface area contributed by atoms with Gasteiger partial charge < -0.3 is 20.1 Å². The van der Waals surface area contributed by atoms with Crippen LogP contribution in [-0.4, -0.2) is 35.5 Å². The number of aryl methyl sites for hydroxylation is 2. The maximum atomic E-state index is 12.7. The smallest absolute Gasteiger partial charge is 0.270 e. The lowest BCUT2D eigenvalue weighted by Crippen LogP contribution is -2.45. The Hall–Kier alpha value is -3.39. The van der Waals surface area contributed by atoms with E-state index in [0.717, 1.165) is 47.6 Å². The van der Waals surface area contributed by atoms with Crippen molar-refractivity contribution in [2.45, 2.75) is 58.2 Å². The molecule has 1 aliphatic rings. The van der Waals surface area contributed by atoms with Gasteiger partial charge >= 0.3 is 0 Å². The molecule has 0 spiro atoms. The Kier molecular flexibility index (Phi) is 8.36. The third-order valence-corrected chi connectivity index (χ3v) is 6.70. The van der Waals surface area contributed by atoms with Crippen LogP contribution in [0.3, 0.4) is 0 Å². The molecule has 2 amide bonds. The van der Waals surface area contributed by atoms with Crippen LogP contribution in [-0.2, 0) is 11.4 Å². The molecule has 3 aromatic rings. The third kappa shape index (κ3) is 7.55. The summed E-state index contributed by atoms with van der Waals surface area (Å²) in [5.74, 6) is 1.19. The monoisotopic (exact) mass is 493 g/mol. The lowest BCUT2D eigenvalue weighted by molar-refractivity contribution is -0.124. The van der Waals surface area contributed by atoms with E-state index in [1.807, 2.05) is 56.3 Å². The van der Waals surface area contributed by atoms with Gasteiger partial charge in [0.2, 0.25) is 0 Å². The lowest BCUT2D eigenvalue weighted by Gasteiger charge is -2.29. The summed E-state index contributed by atoms with van der Waals surface area (Å²) in [5, 5.41) is 8.65. The minimum Gasteiger partial charge on any atom is -0.486 e. The van der Waals surface area contributed by atoms with Crippen molar-refractivity contribution < 1.29 is 19.1 Å². The number of benzene rings is 2. The van der Waals surface area contributed by atoms with Gasteiger partial charge in [-0.05, 0) is 74.9 Å². The minimum absolute atomic E-state index is 0.0000372. The largest absolute Gasteiger partial charge is 0.486 e. The quantitative estimate of drug-likeness (QED) is 0.456. The predicted molar refractivity (Wildman–Crippen MR) is 136 cm³/mol. The zero-order valence-corrected chi connectivity index (χ0v) is 20.9. The van der Waals surface area contributed by atoms with Crippen molar-refractivity contribution in [3.63, 3.8) is 0 Å². The molecule has 0 aliphatic heterocycles. The molecule has 1 heterocycles. The number of para-hydroxylation sites is 1. The molecule has 4 rings (SSSR count). The van der Waals surface area contributed by atoms with Gasteiger partial charge in [-0.1, -0.05) is 24.3 Å². The van der Waals surface area contributed by atoms with E-state index in [9.17, 15) is 9.59 Å². The topological polar surface area (TPSA) is 89.5 Å². The van der Waals surface area contributed by atoms with Crippen LogP contribution in [0.25, 0.3) is 0 Å². The molecule has 1 aliphatic carbocycles. The number of nitrogens with one attached hydrogen (secondary N) is 2. The highest BCUT2D eigenvalue weighted by Gasteiger charge is 2.24. The molecule has 1 saturated carbocycles. The second-order valence-corrected chi connectivity index (χ2v) is 9.87. The minimum atomic E-state index is -0.164. The molecule has 184 valence electrons. The van der Waals surface area contributed by atoms with Crippen LogP contribution in [0.1, 0.15) is 52.3 Å². The van der Waals surface area contributed by atoms with E-state index >= 15 is 0 Å². The van der Waals surface area contributed by atoms with E-state index in [0.29, 0.717) is 18.1 Å². The normalized spacial score (nSPS) is 17.4. The highest BCUT2D eigenvalue weighted by atomic mass is 32.1. The fourth-order valence-corrected chi connectivity index (χ4v) is 4.90. The van der Waals surface area contributed by atoms with Crippen molar-refractivity contribution >= 4 is 23.2 Å². The Morgan fingerprint density at radius 1 is 0.914 bits per heavy atom. The Bertz CT molecular complexity index is 1120. The molecular formula is C27H31N3O4S. The summed E-state index contributed by atoms with van der Waals surface area (Å²) in [6.07, 6.45) is 3.24. The zero-order chi connectivity index (χ0) is 24.6.